The molecule has 0 saturated carbocycles. The van der Waals surface area contributed by atoms with Gasteiger partial charge in [0.1, 0.15) is 13.2 Å². The fraction of sp³-hybridized carbons (Fsp3) is 0.750. The predicted molar refractivity (Wildman–Crippen MR) is 43.5 cm³/mol. The van der Waals surface area contributed by atoms with Crippen LogP contribution in [0.15, 0.2) is 0 Å². The molecule has 0 aromatic rings. The van der Waals surface area contributed by atoms with Gasteiger partial charge in [-0.25, -0.2) is 0 Å². The molecular formula is C8H12N2O3. The van der Waals surface area contributed by atoms with Gasteiger partial charge in [-0.3, -0.25) is 4.79 Å². The van der Waals surface area contributed by atoms with Crippen molar-refractivity contribution in [2.45, 2.75) is 18.9 Å². The number of carbonyl (C=O) groups is 1. The van der Waals surface area contributed by atoms with Gasteiger partial charge in [-0.2, -0.15) is 5.26 Å². The molecule has 0 aromatic carbocycles. The SMILES string of the molecule is N#CCC(=O)NCC1CCOCO1. The lowest BCUT2D eigenvalue weighted by atomic mass is 10.2. The van der Waals surface area contributed by atoms with Crippen LogP contribution in [-0.4, -0.2) is 32.0 Å². The molecule has 0 spiro atoms. The van der Waals surface area contributed by atoms with Crippen molar-refractivity contribution in [1.82, 2.24) is 5.32 Å². The lowest BCUT2D eigenvalue weighted by molar-refractivity contribution is -0.140. The fourth-order valence-electron chi connectivity index (χ4n) is 1.02. The lowest BCUT2D eigenvalue weighted by Crippen LogP contribution is -2.36. The number of hydrogen-bond donors (Lipinski definition) is 1. The van der Waals surface area contributed by atoms with E-state index in [9.17, 15) is 4.79 Å². The Hall–Kier alpha value is -1.12. The first-order valence-electron chi connectivity index (χ1n) is 4.16. The van der Waals surface area contributed by atoms with Crippen LogP contribution in [-0.2, 0) is 14.3 Å². The zero-order valence-electron chi connectivity index (χ0n) is 7.28. The minimum atomic E-state index is -0.252. The molecule has 1 aliphatic heterocycles. The molecule has 1 rings (SSSR count). The van der Waals surface area contributed by atoms with Crippen LogP contribution >= 0.6 is 0 Å². The van der Waals surface area contributed by atoms with Crippen LogP contribution in [0.5, 0.6) is 0 Å². The standard InChI is InChI=1S/C8H12N2O3/c9-3-1-8(11)10-5-7-2-4-12-6-13-7/h7H,1-2,4-6H2,(H,10,11). The first-order valence-corrected chi connectivity index (χ1v) is 4.16. The highest BCUT2D eigenvalue weighted by atomic mass is 16.7. The van der Waals surface area contributed by atoms with Gasteiger partial charge in [-0.05, 0) is 6.42 Å². The topological polar surface area (TPSA) is 71.4 Å². The zero-order valence-corrected chi connectivity index (χ0v) is 7.28. The summed E-state index contributed by atoms with van der Waals surface area (Å²) in [7, 11) is 0. The van der Waals surface area contributed by atoms with Crippen LogP contribution in [0.4, 0.5) is 0 Å². The molecule has 0 radical (unpaired) electrons. The first kappa shape index (κ1) is 9.96. The zero-order chi connectivity index (χ0) is 9.52. The monoisotopic (exact) mass is 184 g/mol. The third kappa shape index (κ3) is 3.87. The van der Waals surface area contributed by atoms with E-state index < -0.39 is 0 Å². The maximum absolute atomic E-state index is 10.9. The van der Waals surface area contributed by atoms with E-state index in [2.05, 4.69) is 5.32 Å². The summed E-state index contributed by atoms with van der Waals surface area (Å²) in [5, 5.41) is 10.8. The van der Waals surface area contributed by atoms with Crippen molar-refractivity contribution in [1.29, 1.82) is 5.26 Å². The molecule has 1 saturated heterocycles. The normalized spacial score (nSPS) is 21.9. The van der Waals surface area contributed by atoms with Crippen LogP contribution in [0, 0.1) is 11.3 Å². The van der Waals surface area contributed by atoms with Crippen LogP contribution in [0.3, 0.4) is 0 Å². The van der Waals surface area contributed by atoms with E-state index in [1.165, 1.54) is 0 Å². The number of nitrogens with one attached hydrogen (secondary N) is 1. The molecule has 0 aromatic heterocycles. The summed E-state index contributed by atoms with van der Waals surface area (Å²) in [6.07, 6.45) is 0.715. The fourth-order valence-corrected chi connectivity index (χ4v) is 1.02. The van der Waals surface area contributed by atoms with Crippen molar-refractivity contribution in [2.75, 3.05) is 19.9 Å². The molecular weight excluding hydrogens is 172 g/mol. The Labute approximate surface area is 76.6 Å². The van der Waals surface area contributed by atoms with Gasteiger partial charge < -0.3 is 14.8 Å². The van der Waals surface area contributed by atoms with Gasteiger partial charge in [-0.15, -0.1) is 0 Å². The van der Waals surface area contributed by atoms with Crippen LogP contribution in [0.25, 0.3) is 0 Å². The molecule has 5 heteroatoms. The van der Waals surface area contributed by atoms with E-state index in [1.54, 1.807) is 6.07 Å². The molecule has 1 unspecified atom stereocenters. The minimum absolute atomic E-state index is 0.0244. The van der Waals surface area contributed by atoms with Gasteiger partial charge in [0.05, 0.1) is 18.8 Å². The summed E-state index contributed by atoms with van der Waals surface area (Å²) >= 11 is 0. The number of amides is 1. The number of nitriles is 1. The van der Waals surface area contributed by atoms with Crippen molar-refractivity contribution in [3.63, 3.8) is 0 Å². The highest BCUT2D eigenvalue weighted by molar-refractivity contribution is 5.77. The second-order valence-electron chi connectivity index (χ2n) is 2.74. The number of nitrogens with zero attached hydrogens (tertiary/aromatic N) is 1. The maximum Gasteiger partial charge on any atom is 0.234 e. The molecule has 72 valence electrons. The van der Waals surface area contributed by atoms with Gasteiger partial charge in [0.25, 0.3) is 0 Å². The average Bonchev–Trinajstić information content (AvgIpc) is 2.17. The second kappa shape index (κ2) is 5.51. The number of hydrogen-bond acceptors (Lipinski definition) is 4. The second-order valence-corrected chi connectivity index (χ2v) is 2.74. The molecule has 0 bridgehead atoms. The van der Waals surface area contributed by atoms with Gasteiger partial charge >= 0.3 is 0 Å². The van der Waals surface area contributed by atoms with Crippen molar-refractivity contribution in [2.24, 2.45) is 0 Å². The minimum Gasteiger partial charge on any atom is -0.355 e. The predicted octanol–water partition coefficient (Wildman–Crippen LogP) is -0.221. The Kier molecular flexibility index (Phi) is 4.23. The van der Waals surface area contributed by atoms with E-state index in [0.29, 0.717) is 19.9 Å². The molecule has 1 amide bonds. The van der Waals surface area contributed by atoms with E-state index in [4.69, 9.17) is 14.7 Å². The van der Waals surface area contributed by atoms with E-state index in [0.717, 1.165) is 6.42 Å². The van der Waals surface area contributed by atoms with Gasteiger partial charge in [-0.1, -0.05) is 0 Å². The third-order valence-electron chi connectivity index (χ3n) is 1.74. The third-order valence-corrected chi connectivity index (χ3v) is 1.74. The van der Waals surface area contributed by atoms with Crippen molar-refractivity contribution >= 4 is 5.91 Å². The summed E-state index contributed by atoms with van der Waals surface area (Å²) in [4.78, 5) is 10.9. The quantitative estimate of drug-likeness (QED) is 0.658. The first-order chi connectivity index (χ1) is 6.33. The Morgan fingerprint density at radius 1 is 1.69 bits per heavy atom. The molecule has 13 heavy (non-hydrogen) atoms. The molecule has 1 N–H and O–H groups in total. The Morgan fingerprint density at radius 3 is 3.15 bits per heavy atom. The van der Waals surface area contributed by atoms with E-state index >= 15 is 0 Å². The summed E-state index contributed by atoms with van der Waals surface area (Å²) < 4.78 is 10.2. The highest BCUT2D eigenvalue weighted by Crippen LogP contribution is 2.04. The molecule has 1 aliphatic rings. The molecule has 1 atom stereocenters. The number of rotatable bonds is 3. The maximum atomic E-state index is 10.9. The van der Waals surface area contributed by atoms with Gasteiger partial charge in [0.15, 0.2) is 0 Å². The van der Waals surface area contributed by atoms with Gasteiger partial charge in [0, 0.05) is 6.54 Å². The van der Waals surface area contributed by atoms with Crippen molar-refractivity contribution in [3.8, 4) is 6.07 Å². The summed E-state index contributed by atoms with van der Waals surface area (Å²) in [5.74, 6) is -0.252. The van der Waals surface area contributed by atoms with Crippen LogP contribution in [0.2, 0.25) is 0 Å². The Morgan fingerprint density at radius 2 is 2.54 bits per heavy atom. The molecule has 5 nitrogen and oxygen atoms in total. The Balaban J connectivity index is 2.10. The summed E-state index contributed by atoms with van der Waals surface area (Å²) in [5.41, 5.74) is 0. The lowest BCUT2D eigenvalue weighted by Gasteiger charge is -2.22. The van der Waals surface area contributed by atoms with E-state index in [1.807, 2.05) is 0 Å². The van der Waals surface area contributed by atoms with Crippen molar-refractivity contribution < 1.29 is 14.3 Å². The van der Waals surface area contributed by atoms with Crippen LogP contribution < -0.4 is 5.32 Å². The summed E-state index contributed by atoms with van der Waals surface area (Å²) in [6.45, 7) is 1.42. The number of carbonyl (C=O) groups excluding carboxylic acids is 1. The molecule has 0 aliphatic carbocycles. The molecule has 1 heterocycles. The Bertz CT molecular complexity index is 206. The van der Waals surface area contributed by atoms with Crippen molar-refractivity contribution in [3.05, 3.63) is 0 Å². The average molecular weight is 184 g/mol. The number of ether oxygens (including phenoxy) is 2. The van der Waals surface area contributed by atoms with Gasteiger partial charge in [0.2, 0.25) is 5.91 Å². The largest absolute Gasteiger partial charge is 0.355 e. The summed E-state index contributed by atoms with van der Waals surface area (Å²) in [6, 6.07) is 1.78. The smallest absolute Gasteiger partial charge is 0.234 e. The molecule has 1 fully saturated rings. The van der Waals surface area contributed by atoms with Crippen LogP contribution in [0.1, 0.15) is 12.8 Å². The highest BCUT2D eigenvalue weighted by Gasteiger charge is 2.14. The van der Waals surface area contributed by atoms with E-state index in [-0.39, 0.29) is 18.4 Å².